The monoisotopic (exact) mass is 275 g/mol. The standard InChI is InChI=1S/C18H29NO/c1-5-14-7-8-17(19-3)15(11-14)12-16-10-13(2)6-9-18(16)20-4/h6,9-10,14-15,17,19H,5,7-8,11-12H2,1-4H3. The van der Waals surface area contributed by atoms with Gasteiger partial charge in [-0.2, -0.15) is 0 Å². The van der Waals surface area contributed by atoms with E-state index in [1.165, 1.54) is 36.8 Å². The third-order valence-corrected chi connectivity index (χ3v) is 4.96. The van der Waals surface area contributed by atoms with Crippen LogP contribution in [0.1, 0.15) is 43.7 Å². The molecule has 0 amide bonds. The van der Waals surface area contributed by atoms with Gasteiger partial charge in [0.15, 0.2) is 0 Å². The molecule has 1 aliphatic rings. The third-order valence-electron chi connectivity index (χ3n) is 4.96. The molecule has 2 heteroatoms. The molecule has 0 radical (unpaired) electrons. The molecule has 1 aliphatic carbocycles. The molecule has 1 aromatic carbocycles. The molecule has 0 aliphatic heterocycles. The summed E-state index contributed by atoms with van der Waals surface area (Å²) < 4.78 is 5.54. The van der Waals surface area contributed by atoms with Crippen LogP contribution in [0.4, 0.5) is 0 Å². The number of hydrogen-bond donors (Lipinski definition) is 1. The number of nitrogens with one attached hydrogen (secondary N) is 1. The van der Waals surface area contributed by atoms with E-state index in [-0.39, 0.29) is 0 Å². The van der Waals surface area contributed by atoms with Crippen LogP contribution < -0.4 is 10.1 Å². The molecular formula is C18H29NO. The van der Waals surface area contributed by atoms with Crippen LogP contribution in [0.3, 0.4) is 0 Å². The summed E-state index contributed by atoms with van der Waals surface area (Å²) in [6.45, 7) is 4.49. The van der Waals surface area contributed by atoms with Crippen LogP contribution >= 0.6 is 0 Å². The van der Waals surface area contributed by atoms with Gasteiger partial charge in [0.2, 0.25) is 0 Å². The predicted octanol–water partition coefficient (Wildman–Crippen LogP) is 3.96. The van der Waals surface area contributed by atoms with E-state index in [9.17, 15) is 0 Å². The summed E-state index contributed by atoms with van der Waals surface area (Å²) in [6.07, 6.45) is 6.49. The Morgan fingerprint density at radius 1 is 1.30 bits per heavy atom. The molecular weight excluding hydrogens is 246 g/mol. The van der Waals surface area contributed by atoms with Crippen molar-refractivity contribution in [3.05, 3.63) is 29.3 Å². The van der Waals surface area contributed by atoms with Crippen LogP contribution in [-0.2, 0) is 6.42 Å². The minimum atomic E-state index is 0.656. The van der Waals surface area contributed by atoms with Gasteiger partial charge in [-0.3, -0.25) is 0 Å². The lowest BCUT2D eigenvalue weighted by molar-refractivity contribution is 0.204. The zero-order valence-electron chi connectivity index (χ0n) is 13.4. The second kappa shape index (κ2) is 7.12. The topological polar surface area (TPSA) is 21.3 Å². The molecule has 0 saturated heterocycles. The highest BCUT2D eigenvalue weighted by Gasteiger charge is 2.29. The van der Waals surface area contributed by atoms with Crippen LogP contribution in [0.15, 0.2) is 18.2 Å². The van der Waals surface area contributed by atoms with Gasteiger partial charge in [0.1, 0.15) is 5.75 Å². The Hall–Kier alpha value is -1.02. The first-order chi connectivity index (χ1) is 9.67. The van der Waals surface area contributed by atoms with Crippen molar-refractivity contribution in [2.24, 2.45) is 11.8 Å². The average Bonchev–Trinajstić information content (AvgIpc) is 2.47. The lowest BCUT2D eigenvalue weighted by atomic mass is 9.74. The predicted molar refractivity (Wildman–Crippen MR) is 85.4 cm³/mol. The molecule has 1 aromatic rings. The third kappa shape index (κ3) is 3.54. The summed E-state index contributed by atoms with van der Waals surface area (Å²) in [4.78, 5) is 0. The molecule has 0 aromatic heterocycles. The molecule has 0 spiro atoms. The highest BCUT2D eigenvalue weighted by molar-refractivity contribution is 5.37. The minimum Gasteiger partial charge on any atom is -0.496 e. The van der Waals surface area contributed by atoms with Crippen molar-refractivity contribution in [3.8, 4) is 5.75 Å². The summed E-state index contributed by atoms with van der Waals surface area (Å²) in [5, 5.41) is 3.53. The van der Waals surface area contributed by atoms with Crippen molar-refractivity contribution < 1.29 is 4.74 Å². The quantitative estimate of drug-likeness (QED) is 0.878. The van der Waals surface area contributed by atoms with Crippen LogP contribution in [0.2, 0.25) is 0 Å². The van der Waals surface area contributed by atoms with Crippen LogP contribution in [0.25, 0.3) is 0 Å². The Morgan fingerprint density at radius 2 is 2.10 bits per heavy atom. The average molecular weight is 275 g/mol. The summed E-state index contributed by atoms with van der Waals surface area (Å²) in [5.74, 6) is 2.68. The van der Waals surface area contributed by atoms with E-state index < -0.39 is 0 Å². The Kier molecular flexibility index (Phi) is 5.47. The van der Waals surface area contributed by atoms with E-state index in [4.69, 9.17) is 4.74 Å². The summed E-state index contributed by atoms with van der Waals surface area (Å²) in [7, 11) is 3.89. The Bertz CT molecular complexity index is 429. The second-order valence-corrected chi connectivity index (χ2v) is 6.26. The van der Waals surface area contributed by atoms with Gasteiger partial charge >= 0.3 is 0 Å². The molecule has 2 rings (SSSR count). The van der Waals surface area contributed by atoms with Crippen molar-refractivity contribution in [1.29, 1.82) is 0 Å². The number of aryl methyl sites for hydroxylation is 1. The molecule has 112 valence electrons. The summed E-state index contributed by atoms with van der Waals surface area (Å²) in [6, 6.07) is 7.19. The highest BCUT2D eigenvalue weighted by atomic mass is 16.5. The second-order valence-electron chi connectivity index (χ2n) is 6.26. The van der Waals surface area contributed by atoms with Gasteiger partial charge in [0.25, 0.3) is 0 Å². The van der Waals surface area contributed by atoms with Gasteiger partial charge in [-0.05, 0) is 63.1 Å². The maximum Gasteiger partial charge on any atom is 0.122 e. The zero-order valence-corrected chi connectivity index (χ0v) is 13.4. The Balaban J connectivity index is 2.15. The molecule has 3 atom stereocenters. The van der Waals surface area contributed by atoms with E-state index in [1.807, 2.05) is 0 Å². The van der Waals surface area contributed by atoms with Gasteiger partial charge in [0, 0.05) is 6.04 Å². The smallest absolute Gasteiger partial charge is 0.122 e. The van der Waals surface area contributed by atoms with E-state index in [0.717, 1.165) is 24.0 Å². The van der Waals surface area contributed by atoms with Gasteiger partial charge in [-0.1, -0.05) is 31.0 Å². The van der Waals surface area contributed by atoms with E-state index in [0.29, 0.717) is 6.04 Å². The van der Waals surface area contributed by atoms with E-state index in [1.54, 1.807) is 7.11 Å². The van der Waals surface area contributed by atoms with Crippen LogP contribution in [-0.4, -0.2) is 20.2 Å². The first kappa shape index (κ1) is 15.4. The SMILES string of the molecule is CCC1CCC(NC)C(Cc2cc(C)ccc2OC)C1. The fraction of sp³-hybridized carbons (Fsp3) is 0.667. The molecule has 1 fully saturated rings. The normalized spacial score (nSPS) is 26.5. The number of hydrogen-bond acceptors (Lipinski definition) is 2. The first-order valence-corrected chi connectivity index (χ1v) is 7.98. The Morgan fingerprint density at radius 3 is 2.75 bits per heavy atom. The van der Waals surface area contributed by atoms with E-state index in [2.05, 4.69) is 44.4 Å². The molecule has 0 heterocycles. The first-order valence-electron chi connectivity index (χ1n) is 7.98. The van der Waals surface area contributed by atoms with Crippen LogP contribution in [0, 0.1) is 18.8 Å². The van der Waals surface area contributed by atoms with E-state index >= 15 is 0 Å². The van der Waals surface area contributed by atoms with Crippen molar-refractivity contribution in [2.75, 3.05) is 14.2 Å². The zero-order chi connectivity index (χ0) is 14.5. The fourth-order valence-electron chi connectivity index (χ4n) is 3.69. The maximum atomic E-state index is 5.54. The van der Waals surface area contributed by atoms with Crippen LogP contribution in [0.5, 0.6) is 5.75 Å². The number of benzene rings is 1. The van der Waals surface area contributed by atoms with Gasteiger partial charge < -0.3 is 10.1 Å². The fourth-order valence-corrected chi connectivity index (χ4v) is 3.69. The van der Waals surface area contributed by atoms with Gasteiger partial charge in [-0.15, -0.1) is 0 Å². The maximum absolute atomic E-state index is 5.54. The van der Waals surface area contributed by atoms with Crippen molar-refractivity contribution >= 4 is 0 Å². The van der Waals surface area contributed by atoms with Crippen molar-refractivity contribution in [3.63, 3.8) is 0 Å². The molecule has 0 bridgehead atoms. The van der Waals surface area contributed by atoms with Crippen molar-refractivity contribution in [2.45, 2.75) is 52.0 Å². The number of rotatable bonds is 5. The lowest BCUT2D eigenvalue weighted by Crippen LogP contribution is -2.39. The molecule has 3 unspecified atom stereocenters. The van der Waals surface area contributed by atoms with Gasteiger partial charge in [-0.25, -0.2) is 0 Å². The molecule has 2 nitrogen and oxygen atoms in total. The lowest BCUT2D eigenvalue weighted by Gasteiger charge is -2.36. The molecule has 20 heavy (non-hydrogen) atoms. The molecule has 1 N–H and O–H groups in total. The highest BCUT2D eigenvalue weighted by Crippen LogP contribution is 2.35. The number of methoxy groups -OCH3 is 1. The van der Waals surface area contributed by atoms with Crippen molar-refractivity contribution in [1.82, 2.24) is 5.32 Å². The number of ether oxygens (including phenoxy) is 1. The van der Waals surface area contributed by atoms with Gasteiger partial charge in [0.05, 0.1) is 7.11 Å². The minimum absolute atomic E-state index is 0.656. The molecule has 1 saturated carbocycles. The summed E-state index contributed by atoms with van der Waals surface area (Å²) in [5.41, 5.74) is 2.69. The largest absolute Gasteiger partial charge is 0.496 e. The Labute approximate surface area is 123 Å². The summed E-state index contributed by atoms with van der Waals surface area (Å²) >= 11 is 0.